The van der Waals surface area contributed by atoms with Crippen LogP contribution in [0.2, 0.25) is 0 Å². The molecule has 1 aromatic heterocycles. The largest absolute Gasteiger partial charge is 0.378 e. The molecule has 184 valence electrons. The number of hydrogen-bond acceptors (Lipinski definition) is 8. The summed E-state index contributed by atoms with van der Waals surface area (Å²) in [6, 6.07) is 14.2. The smallest absolute Gasteiger partial charge is 0.269 e. The predicted molar refractivity (Wildman–Crippen MR) is 140 cm³/mol. The quantitative estimate of drug-likeness (QED) is 0.217. The average Bonchev–Trinajstić information content (AvgIpc) is 2.86. The zero-order chi connectivity index (χ0) is 25.4. The third kappa shape index (κ3) is 4.51. The standard InChI is InChI=1S/C26H25N5O4S/c1-30(2)17-12-8-16(9-13-17)21-22-19(4-3-5-20(22)32)27-24-23(21)25(33)29-26(28-24)36-14-15-6-10-18(11-7-15)31(34)35/h6-13,21H,3-5,14H2,1-2H3,(H2,27,28,29,33)/t21-/m1/s1. The van der Waals surface area contributed by atoms with Gasteiger partial charge in [-0.2, -0.15) is 0 Å². The summed E-state index contributed by atoms with van der Waals surface area (Å²) < 4.78 is 0. The highest BCUT2D eigenvalue weighted by molar-refractivity contribution is 7.98. The van der Waals surface area contributed by atoms with Gasteiger partial charge < -0.3 is 15.2 Å². The lowest BCUT2D eigenvalue weighted by molar-refractivity contribution is -0.384. The number of allylic oxidation sites excluding steroid dienone is 2. The van der Waals surface area contributed by atoms with E-state index in [4.69, 9.17) is 4.98 Å². The monoisotopic (exact) mass is 503 g/mol. The molecule has 0 unspecified atom stereocenters. The third-order valence-electron chi connectivity index (χ3n) is 6.50. The molecule has 10 heteroatoms. The molecule has 3 aromatic rings. The number of nitro groups is 1. The van der Waals surface area contributed by atoms with Gasteiger partial charge in [0.25, 0.3) is 11.2 Å². The lowest BCUT2D eigenvalue weighted by atomic mass is 9.76. The number of Topliss-reactive ketones (excluding diaryl/α,β-unsaturated/α-hetero) is 1. The Morgan fingerprint density at radius 3 is 2.47 bits per heavy atom. The van der Waals surface area contributed by atoms with Crippen LogP contribution in [0.25, 0.3) is 0 Å². The van der Waals surface area contributed by atoms with Crippen molar-refractivity contribution in [2.75, 3.05) is 24.3 Å². The normalized spacial score (nSPS) is 16.7. The van der Waals surface area contributed by atoms with Crippen molar-refractivity contribution >= 4 is 34.7 Å². The fraction of sp³-hybridized carbons (Fsp3) is 0.269. The van der Waals surface area contributed by atoms with Crippen LogP contribution in [0.4, 0.5) is 17.2 Å². The van der Waals surface area contributed by atoms with Crippen LogP contribution in [-0.2, 0) is 10.5 Å². The van der Waals surface area contributed by atoms with E-state index in [1.807, 2.05) is 43.3 Å². The molecule has 36 heavy (non-hydrogen) atoms. The second kappa shape index (κ2) is 9.62. The van der Waals surface area contributed by atoms with Gasteiger partial charge in [0, 0.05) is 61.3 Å². The van der Waals surface area contributed by atoms with Crippen molar-refractivity contribution in [1.29, 1.82) is 0 Å². The van der Waals surface area contributed by atoms with Crippen LogP contribution >= 0.6 is 11.8 Å². The Hall–Kier alpha value is -3.92. The third-order valence-corrected chi connectivity index (χ3v) is 7.45. The number of hydrogen-bond donors (Lipinski definition) is 2. The molecule has 1 aliphatic heterocycles. The first-order valence-electron chi connectivity index (χ1n) is 11.6. The van der Waals surface area contributed by atoms with Gasteiger partial charge in [-0.15, -0.1) is 0 Å². The number of anilines is 2. The fourth-order valence-corrected chi connectivity index (χ4v) is 5.49. The van der Waals surface area contributed by atoms with E-state index in [2.05, 4.69) is 10.3 Å². The minimum absolute atomic E-state index is 0.0315. The zero-order valence-electron chi connectivity index (χ0n) is 19.9. The summed E-state index contributed by atoms with van der Waals surface area (Å²) >= 11 is 1.34. The molecule has 0 saturated carbocycles. The van der Waals surface area contributed by atoms with Crippen LogP contribution in [0.15, 0.2) is 69.8 Å². The van der Waals surface area contributed by atoms with E-state index in [0.717, 1.165) is 35.4 Å². The first-order valence-corrected chi connectivity index (χ1v) is 12.6. The number of nitrogens with one attached hydrogen (secondary N) is 2. The summed E-state index contributed by atoms with van der Waals surface area (Å²) in [5.41, 5.74) is 4.47. The molecule has 0 fully saturated rings. The second-order valence-corrected chi connectivity index (χ2v) is 10.0. The molecule has 2 N–H and O–H groups in total. The molecule has 0 spiro atoms. The number of non-ortho nitro benzene ring substituents is 1. The molecule has 0 saturated heterocycles. The number of carbonyl (C=O) groups excluding carboxylic acids is 1. The van der Waals surface area contributed by atoms with Crippen molar-refractivity contribution in [3.05, 3.63) is 97.0 Å². The maximum absolute atomic E-state index is 13.4. The van der Waals surface area contributed by atoms with E-state index < -0.39 is 10.8 Å². The molecule has 2 aliphatic rings. The minimum atomic E-state index is -0.481. The summed E-state index contributed by atoms with van der Waals surface area (Å²) in [5.74, 6) is 0.541. The number of nitrogens with zero attached hydrogens (tertiary/aromatic N) is 3. The summed E-state index contributed by atoms with van der Waals surface area (Å²) in [7, 11) is 3.93. The molecule has 0 bridgehead atoms. The van der Waals surface area contributed by atoms with Crippen LogP contribution in [0.5, 0.6) is 0 Å². The lowest BCUT2D eigenvalue weighted by Gasteiger charge is -2.33. The zero-order valence-corrected chi connectivity index (χ0v) is 20.7. The fourth-order valence-electron chi connectivity index (χ4n) is 4.67. The van der Waals surface area contributed by atoms with E-state index in [-0.39, 0.29) is 17.0 Å². The Balaban J connectivity index is 1.50. The van der Waals surface area contributed by atoms with Crippen molar-refractivity contribution in [2.45, 2.75) is 36.1 Å². The summed E-state index contributed by atoms with van der Waals surface area (Å²) in [6.07, 6.45) is 1.96. The van der Waals surface area contributed by atoms with Crippen LogP contribution < -0.4 is 15.8 Å². The number of nitro benzene ring substituents is 1. The maximum atomic E-state index is 13.4. The molecule has 2 heterocycles. The van der Waals surface area contributed by atoms with Gasteiger partial charge in [-0.1, -0.05) is 36.0 Å². The van der Waals surface area contributed by atoms with Gasteiger partial charge in [0.05, 0.1) is 10.5 Å². The van der Waals surface area contributed by atoms with E-state index in [0.29, 0.717) is 34.3 Å². The molecule has 9 nitrogen and oxygen atoms in total. The van der Waals surface area contributed by atoms with Gasteiger partial charge in [0.15, 0.2) is 10.9 Å². The van der Waals surface area contributed by atoms with Crippen molar-refractivity contribution in [3.8, 4) is 0 Å². The molecule has 1 aliphatic carbocycles. The molecule has 5 rings (SSSR count). The van der Waals surface area contributed by atoms with Crippen LogP contribution in [-0.4, -0.2) is 34.8 Å². The summed E-state index contributed by atoms with van der Waals surface area (Å²) in [5, 5.41) is 14.6. The molecular formula is C26H25N5O4S. The van der Waals surface area contributed by atoms with Gasteiger partial charge in [0.2, 0.25) is 0 Å². The molecule has 1 atom stereocenters. The molecule has 0 radical (unpaired) electrons. The van der Waals surface area contributed by atoms with E-state index in [9.17, 15) is 19.7 Å². The van der Waals surface area contributed by atoms with Gasteiger partial charge in [-0.25, -0.2) is 4.98 Å². The number of benzene rings is 2. The minimum Gasteiger partial charge on any atom is -0.378 e. The Morgan fingerprint density at radius 2 is 1.81 bits per heavy atom. The topological polar surface area (TPSA) is 121 Å². The molecular weight excluding hydrogens is 478 g/mol. The SMILES string of the molecule is CN(C)c1ccc([C@@H]2C3=C(CCCC3=O)Nc3nc(SCc4ccc([N+](=O)[O-])cc4)[nH]c(=O)c32)cc1. The number of thioether (sulfide) groups is 1. The Kier molecular flexibility index (Phi) is 6.36. The van der Waals surface area contributed by atoms with Gasteiger partial charge in [-0.05, 0) is 36.1 Å². The van der Waals surface area contributed by atoms with Crippen molar-refractivity contribution in [2.24, 2.45) is 0 Å². The Bertz CT molecular complexity index is 1430. The number of ketones is 1. The predicted octanol–water partition coefficient (Wildman–Crippen LogP) is 4.60. The van der Waals surface area contributed by atoms with Crippen molar-refractivity contribution in [3.63, 3.8) is 0 Å². The van der Waals surface area contributed by atoms with Crippen LogP contribution in [0.3, 0.4) is 0 Å². The number of rotatable bonds is 6. The first-order chi connectivity index (χ1) is 17.3. The maximum Gasteiger partial charge on any atom is 0.269 e. The average molecular weight is 504 g/mol. The van der Waals surface area contributed by atoms with Crippen molar-refractivity contribution < 1.29 is 9.72 Å². The van der Waals surface area contributed by atoms with Gasteiger partial charge in [-0.3, -0.25) is 19.7 Å². The number of aromatic amines is 1. The highest BCUT2D eigenvalue weighted by Crippen LogP contribution is 2.43. The van der Waals surface area contributed by atoms with Crippen LogP contribution in [0.1, 0.15) is 41.9 Å². The number of H-pyrrole nitrogens is 1. The van der Waals surface area contributed by atoms with Crippen LogP contribution in [0, 0.1) is 10.1 Å². The van der Waals surface area contributed by atoms with E-state index in [1.165, 1.54) is 23.9 Å². The van der Waals surface area contributed by atoms with Gasteiger partial charge in [0.1, 0.15) is 5.82 Å². The number of fused-ring (bicyclic) bond motifs is 1. The Morgan fingerprint density at radius 1 is 1.08 bits per heavy atom. The highest BCUT2D eigenvalue weighted by Gasteiger charge is 2.37. The van der Waals surface area contributed by atoms with Gasteiger partial charge >= 0.3 is 0 Å². The van der Waals surface area contributed by atoms with E-state index in [1.54, 1.807) is 12.1 Å². The summed E-state index contributed by atoms with van der Waals surface area (Å²) in [6.45, 7) is 0. The number of aromatic nitrogens is 2. The highest BCUT2D eigenvalue weighted by atomic mass is 32.2. The molecule has 0 amide bonds. The van der Waals surface area contributed by atoms with E-state index >= 15 is 0 Å². The molecule has 2 aromatic carbocycles. The lowest BCUT2D eigenvalue weighted by Crippen LogP contribution is -2.32. The first kappa shape index (κ1) is 23.8. The summed E-state index contributed by atoms with van der Waals surface area (Å²) in [4.78, 5) is 46.4. The van der Waals surface area contributed by atoms with Crippen molar-refractivity contribution in [1.82, 2.24) is 9.97 Å². The number of carbonyl (C=O) groups is 1. The second-order valence-electron chi connectivity index (χ2n) is 9.06. The Labute approximate surface area is 211 Å².